The fourth-order valence-electron chi connectivity index (χ4n) is 2.74. The molecule has 1 aromatic carbocycles. The zero-order valence-corrected chi connectivity index (χ0v) is 13.3. The molecule has 0 radical (unpaired) electrons. The molecule has 1 saturated heterocycles. The monoisotopic (exact) mass is 332 g/mol. The van der Waals surface area contributed by atoms with Crippen LogP contribution in [0, 0.1) is 5.92 Å². The molecule has 2 aliphatic rings. The maximum Gasteiger partial charge on any atom is 0.246 e. The molecular formula is C17H17ClN2O3. The average Bonchev–Trinajstić information content (AvgIpc) is 3.02. The van der Waals surface area contributed by atoms with Crippen LogP contribution in [0.3, 0.4) is 0 Å². The van der Waals surface area contributed by atoms with Gasteiger partial charge >= 0.3 is 0 Å². The van der Waals surface area contributed by atoms with Gasteiger partial charge in [0.15, 0.2) is 0 Å². The van der Waals surface area contributed by atoms with Gasteiger partial charge in [-0.25, -0.2) is 0 Å². The number of nitrogens with two attached hydrogens (primary N) is 1. The molecule has 0 aromatic heterocycles. The van der Waals surface area contributed by atoms with Crippen molar-refractivity contribution in [3.63, 3.8) is 0 Å². The highest BCUT2D eigenvalue weighted by Gasteiger charge is 2.28. The number of carbonyl (C=O) groups excluding carboxylic acids is 2. The van der Waals surface area contributed by atoms with Gasteiger partial charge in [0.25, 0.3) is 0 Å². The van der Waals surface area contributed by atoms with E-state index in [1.54, 1.807) is 17.0 Å². The van der Waals surface area contributed by atoms with Crippen molar-refractivity contribution in [1.82, 2.24) is 4.90 Å². The number of carbonyl (C=O) groups is 2. The molecule has 2 amide bonds. The van der Waals surface area contributed by atoms with Gasteiger partial charge in [0.05, 0.1) is 5.92 Å². The van der Waals surface area contributed by atoms with Crippen LogP contribution in [0.2, 0.25) is 5.02 Å². The lowest BCUT2D eigenvalue weighted by molar-refractivity contribution is -0.125. The van der Waals surface area contributed by atoms with Crippen LogP contribution in [0.1, 0.15) is 12.0 Å². The predicted octanol–water partition coefficient (Wildman–Crippen LogP) is 2.01. The number of nitrogens with zero attached hydrogens (tertiary/aromatic N) is 1. The minimum Gasteiger partial charge on any atom is -0.488 e. The molecule has 6 heteroatoms. The lowest BCUT2D eigenvalue weighted by Crippen LogP contribution is -2.30. The number of hydrogen-bond acceptors (Lipinski definition) is 3. The third-order valence-electron chi connectivity index (χ3n) is 4.05. The zero-order valence-electron chi connectivity index (χ0n) is 12.5. The summed E-state index contributed by atoms with van der Waals surface area (Å²) in [6.07, 6.45) is 5.83. The Labute approximate surface area is 139 Å². The van der Waals surface area contributed by atoms with Gasteiger partial charge in [-0.1, -0.05) is 17.7 Å². The molecular weight excluding hydrogens is 316 g/mol. The van der Waals surface area contributed by atoms with Crippen LogP contribution >= 0.6 is 11.6 Å². The van der Waals surface area contributed by atoms with E-state index in [4.69, 9.17) is 22.1 Å². The highest BCUT2D eigenvalue weighted by atomic mass is 35.5. The second kappa shape index (κ2) is 6.46. The van der Waals surface area contributed by atoms with E-state index in [2.05, 4.69) is 0 Å². The van der Waals surface area contributed by atoms with E-state index < -0.39 is 0 Å². The molecule has 23 heavy (non-hydrogen) atoms. The summed E-state index contributed by atoms with van der Waals surface area (Å²) in [5.74, 6) is 0.0769. The van der Waals surface area contributed by atoms with Crippen molar-refractivity contribution in [2.45, 2.75) is 6.42 Å². The molecule has 1 fully saturated rings. The summed E-state index contributed by atoms with van der Waals surface area (Å²) in [5.41, 5.74) is 7.06. The van der Waals surface area contributed by atoms with Crippen molar-refractivity contribution in [2.24, 2.45) is 11.7 Å². The highest BCUT2D eigenvalue weighted by molar-refractivity contribution is 6.30. The summed E-state index contributed by atoms with van der Waals surface area (Å²) in [4.78, 5) is 24.9. The Balaban J connectivity index is 1.66. The van der Waals surface area contributed by atoms with Crippen molar-refractivity contribution in [3.05, 3.63) is 46.5 Å². The number of amides is 2. The van der Waals surface area contributed by atoms with Gasteiger partial charge in [-0.05, 0) is 36.3 Å². The fraction of sp³-hybridized carbons (Fsp3) is 0.294. The second-order valence-electron chi connectivity index (χ2n) is 5.70. The number of fused-ring (bicyclic) bond motifs is 1. The summed E-state index contributed by atoms with van der Waals surface area (Å²) in [6.45, 7) is 1.36. The summed E-state index contributed by atoms with van der Waals surface area (Å²) < 4.78 is 5.63. The first-order valence-corrected chi connectivity index (χ1v) is 7.80. The van der Waals surface area contributed by atoms with Crippen LogP contribution in [0.4, 0.5) is 0 Å². The minimum absolute atomic E-state index is 0.119. The quantitative estimate of drug-likeness (QED) is 0.860. The minimum atomic E-state index is -0.346. The fourth-order valence-corrected chi connectivity index (χ4v) is 2.92. The SMILES string of the molecule is NC(=O)[C@H]1CCN(C(=O)/C=C\C2=Cc3cc(Cl)ccc3OC2)C1. The molecule has 0 unspecified atom stereocenters. The Morgan fingerprint density at radius 1 is 1.39 bits per heavy atom. The van der Waals surface area contributed by atoms with E-state index in [-0.39, 0.29) is 17.7 Å². The van der Waals surface area contributed by atoms with E-state index in [0.29, 0.717) is 31.1 Å². The van der Waals surface area contributed by atoms with Gasteiger partial charge in [0, 0.05) is 29.8 Å². The summed E-state index contributed by atoms with van der Waals surface area (Å²) in [5, 5.41) is 0.638. The number of likely N-dealkylation sites (tertiary alicyclic amines) is 1. The summed E-state index contributed by atoms with van der Waals surface area (Å²) in [6, 6.07) is 5.43. The normalized spacial score (nSPS) is 20.1. The van der Waals surface area contributed by atoms with Gasteiger partial charge < -0.3 is 15.4 Å². The van der Waals surface area contributed by atoms with Gasteiger partial charge in [-0.2, -0.15) is 0 Å². The number of halogens is 1. The van der Waals surface area contributed by atoms with Crippen LogP contribution in [0.5, 0.6) is 5.75 Å². The molecule has 2 heterocycles. The molecule has 0 aliphatic carbocycles. The van der Waals surface area contributed by atoms with E-state index in [1.165, 1.54) is 6.08 Å². The largest absolute Gasteiger partial charge is 0.488 e. The number of ether oxygens (including phenoxy) is 1. The van der Waals surface area contributed by atoms with Crippen LogP contribution < -0.4 is 10.5 Å². The number of benzene rings is 1. The standard InChI is InChI=1S/C17H17ClN2O3/c18-14-2-3-15-13(8-14)7-11(10-23-15)1-4-16(21)20-6-5-12(9-20)17(19)22/h1-4,7-8,12H,5-6,9-10H2,(H2,19,22)/b4-1-/t12-/m0/s1. The lowest BCUT2D eigenvalue weighted by atomic mass is 10.1. The highest BCUT2D eigenvalue weighted by Crippen LogP contribution is 2.29. The van der Waals surface area contributed by atoms with Gasteiger partial charge in [0.1, 0.15) is 12.4 Å². The smallest absolute Gasteiger partial charge is 0.246 e. The Bertz CT molecular complexity index is 712. The maximum atomic E-state index is 12.2. The molecule has 1 atom stereocenters. The van der Waals surface area contributed by atoms with Crippen LogP contribution in [-0.2, 0) is 9.59 Å². The van der Waals surface area contributed by atoms with E-state index in [0.717, 1.165) is 16.9 Å². The molecule has 2 aliphatic heterocycles. The molecule has 120 valence electrons. The number of hydrogen-bond donors (Lipinski definition) is 1. The molecule has 3 rings (SSSR count). The van der Waals surface area contributed by atoms with E-state index >= 15 is 0 Å². The Morgan fingerprint density at radius 3 is 2.96 bits per heavy atom. The molecule has 0 bridgehead atoms. The molecule has 2 N–H and O–H groups in total. The van der Waals surface area contributed by atoms with E-state index in [1.807, 2.05) is 18.2 Å². The van der Waals surface area contributed by atoms with Crippen molar-refractivity contribution < 1.29 is 14.3 Å². The molecule has 0 spiro atoms. The Kier molecular flexibility index (Phi) is 4.39. The number of primary amides is 1. The first kappa shape index (κ1) is 15.6. The van der Waals surface area contributed by atoms with Crippen LogP contribution in [0.15, 0.2) is 35.9 Å². The van der Waals surface area contributed by atoms with Gasteiger partial charge in [0.2, 0.25) is 11.8 Å². The van der Waals surface area contributed by atoms with Crippen LogP contribution in [-0.4, -0.2) is 36.4 Å². The first-order chi connectivity index (χ1) is 11.0. The molecule has 1 aromatic rings. The second-order valence-corrected chi connectivity index (χ2v) is 6.13. The maximum absolute atomic E-state index is 12.2. The van der Waals surface area contributed by atoms with Gasteiger partial charge in [-0.15, -0.1) is 0 Å². The summed E-state index contributed by atoms with van der Waals surface area (Å²) >= 11 is 5.98. The van der Waals surface area contributed by atoms with Gasteiger partial charge in [-0.3, -0.25) is 9.59 Å². The lowest BCUT2D eigenvalue weighted by Gasteiger charge is -2.17. The third kappa shape index (κ3) is 3.56. The Hall–Kier alpha value is -2.27. The molecule has 0 saturated carbocycles. The molecule has 5 nitrogen and oxygen atoms in total. The van der Waals surface area contributed by atoms with Crippen molar-refractivity contribution >= 4 is 29.5 Å². The number of rotatable bonds is 3. The van der Waals surface area contributed by atoms with Crippen molar-refractivity contribution in [2.75, 3.05) is 19.7 Å². The predicted molar refractivity (Wildman–Crippen MR) is 87.9 cm³/mol. The zero-order chi connectivity index (χ0) is 16.4. The van der Waals surface area contributed by atoms with Crippen molar-refractivity contribution in [1.29, 1.82) is 0 Å². The van der Waals surface area contributed by atoms with E-state index in [9.17, 15) is 9.59 Å². The van der Waals surface area contributed by atoms with Crippen molar-refractivity contribution in [3.8, 4) is 5.75 Å². The third-order valence-corrected chi connectivity index (χ3v) is 4.28. The topological polar surface area (TPSA) is 72.6 Å². The van der Waals surface area contributed by atoms with Crippen LogP contribution in [0.25, 0.3) is 6.08 Å². The Morgan fingerprint density at radius 2 is 2.22 bits per heavy atom. The first-order valence-electron chi connectivity index (χ1n) is 7.42. The average molecular weight is 333 g/mol. The summed E-state index contributed by atoms with van der Waals surface area (Å²) in [7, 11) is 0.